The van der Waals surface area contributed by atoms with Crippen LogP contribution in [0.4, 0.5) is 0 Å². The highest BCUT2D eigenvalue weighted by Gasteiger charge is 2.34. The Morgan fingerprint density at radius 2 is 2.17 bits per heavy atom. The van der Waals surface area contributed by atoms with E-state index in [1.807, 2.05) is 66.2 Å². The zero-order valence-corrected chi connectivity index (χ0v) is 14.4. The predicted octanol–water partition coefficient (Wildman–Crippen LogP) is 2.96. The molecule has 5 nitrogen and oxygen atoms in total. The summed E-state index contributed by atoms with van der Waals surface area (Å²) >= 11 is 0. The second-order valence-electron chi connectivity index (χ2n) is 6.31. The van der Waals surface area contributed by atoms with Crippen molar-refractivity contribution in [3.8, 4) is 0 Å². The number of ether oxygens (including phenoxy) is 1. The molecule has 3 rings (SSSR count). The van der Waals surface area contributed by atoms with E-state index in [2.05, 4.69) is 5.10 Å². The average Bonchev–Trinajstić information content (AvgIpc) is 3.22. The molecule has 0 saturated carbocycles. The van der Waals surface area contributed by atoms with Gasteiger partial charge in [-0.25, -0.2) is 0 Å². The van der Waals surface area contributed by atoms with E-state index < -0.39 is 6.10 Å². The normalized spacial score (nSPS) is 18.8. The van der Waals surface area contributed by atoms with Crippen LogP contribution in [-0.4, -0.2) is 39.8 Å². The van der Waals surface area contributed by atoms with Gasteiger partial charge in [-0.3, -0.25) is 9.48 Å². The lowest BCUT2D eigenvalue weighted by molar-refractivity contribution is -0.145. The lowest BCUT2D eigenvalue weighted by Gasteiger charge is -2.29. The number of hydrogen-bond donors (Lipinski definition) is 0. The minimum Gasteiger partial charge on any atom is -0.364 e. The number of hydrogen-bond acceptors (Lipinski definition) is 3. The molecule has 0 spiro atoms. The van der Waals surface area contributed by atoms with E-state index in [4.69, 9.17) is 4.74 Å². The van der Waals surface area contributed by atoms with E-state index in [9.17, 15) is 4.79 Å². The first-order valence-electron chi connectivity index (χ1n) is 8.65. The summed E-state index contributed by atoms with van der Waals surface area (Å²) in [5, 5.41) is 4.36. The highest BCUT2D eigenvalue weighted by Crippen LogP contribution is 2.26. The third kappa shape index (κ3) is 3.67. The number of aryl methyl sites for hydroxylation is 1. The van der Waals surface area contributed by atoms with Gasteiger partial charge in [-0.1, -0.05) is 30.3 Å². The quantitative estimate of drug-likeness (QED) is 0.819. The van der Waals surface area contributed by atoms with Gasteiger partial charge in [0, 0.05) is 19.3 Å². The Morgan fingerprint density at radius 1 is 1.38 bits per heavy atom. The highest BCUT2D eigenvalue weighted by molar-refractivity contribution is 5.83. The number of benzene rings is 1. The van der Waals surface area contributed by atoms with Gasteiger partial charge in [0.1, 0.15) is 0 Å². The Labute approximate surface area is 143 Å². The first-order valence-corrected chi connectivity index (χ1v) is 8.65. The highest BCUT2D eigenvalue weighted by atomic mass is 16.5. The molecule has 1 aliphatic heterocycles. The molecular formula is C19H25N3O2. The maximum Gasteiger partial charge on any atom is 0.256 e. The standard InChI is InChI=1S/C19H25N3O2/c1-3-24-18(16-8-5-4-6-9-16)19(23)22-11-7-10-17(22)14-21-13-15(2)12-20-21/h4-6,8-9,12-13,17-18H,3,7,10-11,14H2,1-2H3. The van der Waals surface area contributed by atoms with Gasteiger partial charge in [-0.15, -0.1) is 0 Å². The van der Waals surface area contributed by atoms with Crippen LogP contribution in [0.2, 0.25) is 0 Å². The van der Waals surface area contributed by atoms with Gasteiger partial charge < -0.3 is 9.64 Å². The molecule has 24 heavy (non-hydrogen) atoms. The van der Waals surface area contributed by atoms with E-state index in [0.29, 0.717) is 6.61 Å². The van der Waals surface area contributed by atoms with Gasteiger partial charge in [0.15, 0.2) is 6.10 Å². The maximum atomic E-state index is 13.1. The van der Waals surface area contributed by atoms with Crippen LogP contribution < -0.4 is 0 Å². The van der Waals surface area contributed by atoms with E-state index in [0.717, 1.165) is 37.1 Å². The summed E-state index contributed by atoms with van der Waals surface area (Å²) in [6.45, 7) is 6.01. The second-order valence-corrected chi connectivity index (χ2v) is 6.31. The van der Waals surface area contributed by atoms with Gasteiger partial charge in [-0.2, -0.15) is 5.10 Å². The molecule has 0 aliphatic carbocycles. The molecule has 1 aliphatic rings. The third-order valence-electron chi connectivity index (χ3n) is 4.48. The summed E-state index contributed by atoms with van der Waals surface area (Å²) in [6, 6.07) is 9.95. The Hall–Kier alpha value is -2.14. The fraction of sp³-hybridized carbons (Fsp3) is 0.474. The molecule has 1 fully saturated rings. The lowest BCUT2D eigenvalue weighted by atomic mass is 10.1. The van der Waals surface area contributed by atoms with Gasteiger partial charge in [0.05, 0.1) is 18.8 Å². The Balaban J connectivity index is 1.75. The zero-order valence-electron chi connectivity index (χ0n) is 14.4. The lowest BCUT2D eigenvalue weighted by Crippen LogP contribution is -2.41. The molecule has 2 aromatic rings. The molecule has 1 saturated heterocycles. The number of rotatable bonds is 6. The van der Waals surface area contributed by atoms with Crippen LogP contribution >= 0.6 is 0 Å². The summed E-state index contributed by atoms with van der Waals surface area (Å²) in [5.74, 6) is 0.0643. The minimum absolute atomic E-state index is 0.0643. The number of aromatic nitrogens is 2. The summed E-state index contributed by atoms with van der Waals surface area (Å²) in [4.78, 5) is 15.1. The van der Waals surface area contributed by atoms with E-state index >= 15 is 0 Å². The van der Waals surface area contributed by atoms with Crippen molar-refractivity contribution < 1.29 is 9.53 Å². The molecule has 5 heteroatoms. The molecule has 2 atom stereocenters. The van der Waals surface area contributed by atoms with Crippen molar-refractivity contribution in [1.82, 2.24) is 14.7 Å². The molecule has 0 bridgehead atoms. The van der Waals surface area contributed by atoms with Crippen molar-refractivity contribution in [1.29, 1.82) is 0 Å². The first-order chi connectivity index (χ1) is 11.7. The average molecular weight is 327 g/mol. The van der Waals surface area contributed by atoms with Crippen molar-refractivity contribution in [2.45, 2.75) is 45.4 Å². The number of likely N-dealkylation sites (tertiary alicyclic amines) is 1. The monoisotopic (exact) mass is 327 g/mol. The van der Waals surface area contributed by atoms with Crippen LogP contribution in [0.1, 0.15) is 37.0 Å². The third-order valence-corrected chi connectivity index (χ3v) is 4.48. The van der Waals surface area contributed by atoms with Gasteiger partial charge >= 0.3 is 0 Å². The van der Waals surface area contributed by atoms with E-state index in [1.54, 1.807) is 0 Å². The maximum absolute atomic E-state index is 13.1. The van der Waals surface area contributed by atoms with Crippen LogP contribution in [0.15, 0.2) is 42.7 Å². The molecular weight excluding hydrogens is 302 g/mol. The van der Waals surface area contributed by atoms with Gasteiger partial charge in [0.2, 0.25) is 0 Å². The van der Waals surface area contributed by atoms with Crippen molar-refractivity contribution >= 4 is 5.91 Å². The van der Waals surface area contributed by atoms with Crippen LogP contribution in [0, 0.1) is 6.92 Å². The fourth-order valence-electron chi connectivity index (χ4n) is 3.35. The van der Waals surface area contributed by atoms with Crippen LogP contribution in [0.3, 0.4) is 0 Å². The van der Waals surface area contributed by atoms with Crippen LogP contribution in [0.25, 0.3) is 0 Å². The van der Waals surface area contributed by atoms with Gasteiger partial charge in [-0.05, 0) is 37.8 Å². The van der Waals surface area contributed by atoms with Crippen molar-refractivity contribution in [3.05, 3.63) is 53.9 Å². The summed E-state index contributed by atoms with van der Waals surface area (Å²) < 4.78 is 7.73. The number of nitrogens with zero attached hydrogens (tertiary/aromatic N) is 3. The second kappa shape index (κ2) is 7.62. The largest absolute Gasteiger partial charge is 0.364 e. The molecule has 2 heterocycles. The molecule has 0 N–H and O–H groups in total. The van der Waals surface area contributed by atoms with E-state index in [-0.39, 0.29) is 11.9 Å². The van der Waals surface area contributed by atoms with Crippen molar-refractivity contribution in [3.63, 3.8) is 0 Å². The first kappa shape index (κ1) is 16.7. The number of carbonyl (C=O) groups is 1. The number of amides is 1. The predicted molar refractivity (Wildman–Crippen MR) is 92.5 cm³/mol. The Bertz CT molecular complexity index is 668. The molecule has 1 aromatic heterocycles. The van der Waals surface area contributed by atoms with Crippen molar-refractivity contribution in [2.24, 2.45) is 0 Å². The van der Waals surface area contributed by atoms with Crippen LogP contribution in [0.5, 0.6) is 0 Å². The summed E-state index contributed by atoms with van der Waals surface area (Å²) in [6.07, 6.45) is 5.41. The van der Waals surface area contributed by atoms with Crippen molar-refractivity contribution in [2.75, 3.05) is 13.2 Å². The zero-order chi connectivity index (χ0) is 16.9. The smallest absolute Gasteiger partial charge is 0.256 e. The van der Waals surface area contributed by atoms with E-state index in [1.165, 1.54) is 0 Å². The summed E-state index contributed by atoms with van der Waals surface area (Å²) in [7, 11) is 0. The molecule has 1 amide bonds. The number of carbonyl (C=O) groups excluding carboxylic acids is 1. The molecule has 1 aromatic carbocycles. The minimum atomic E-state index is -0.517. The summed E-state index contributed by atoms with van der Waals surface area (Å²) in [5.41, 5.74) is 2.06. The Morgan fingerprint density at radius 3 is 2.83 bits per heavy atom. The molecule has 128 valence electrons. The topological polar surface area (TPSA) is 47.4 Å². The SMILES string of the molecule is CCOC(C(=O)N1CCCC1Cn1cc(C)cn1)c1ccccc1. The molecule has 2 unspecified atom stereocenters. The van der Waals surface area contributed by atoms with Gasteiger partial charge in [0.25, 0.3) is 5.91 Å². The molecule has 0 radical (unpaired) electrons. The fourth-order valence-corrected chi connectivity index (χ4v) is 3.35. The van der Waals surface area contributed by atoms with Crippen LogP contribution in [-0.2, 0) is 16.1 Å². The Kier molecular flexibility index (Phi) is 5.30.